The van der Waals surface area contributed by atoms with Gasteiger partial charge in [0.1, 0.15) is 15.4 Å². The predicted molar refractivity (Wildman–Crippen MR) is 95.5 cm³/mol. The average Bonchev–Trinajstić information content (AvgIpc) is 3.01. The molecule has 2 N–H and O–H groups in total. The minimum atomic E-state index is -4.83. The number of pyridine rings is 1. The van der Waals surface area contributed by atoms with Crippen LogP contribution >= 0.6 is 11.3 Å². The van der Waals surface area contributed by atoms with Gasteiger partial charge in [-0.15, -0.1) is 11.3 Å². The third kappa shape index (κ3) is 4.08. The highest BCUT2D eigenvalue weighted by Gasteiger charge is 2.38. The van der Waals surface area contributed by atoms with Gasteiger partial charge in [0.2, 0.25) is 0 Å². The van der Waals surface area contributed by atoms with Gasteiger partial charge in [-0.2, -0.15) is 13.2 Å². The van der Waals surface area contributed by atoms with Crippen molar-refractivity contribution in [1.29, 1.82) is 0 Å². The lowest BCUT2D eigenvalue weighted by atomic mass is 10.1. The number of aromatic nitrogens is 2. The summed E-state index contributed by atoms with van der Waals surface area (Å²) in [6.45, 7) is 1.82. The van der Waals surface area contributed by atoms with Crippen molar-refractivity contribution in [3.8, 4) is 10.6 Å². The molecule has 0 aliphatic heterocycles. The molecule has 0 saturated heterocycles. The molecule has 0 aliphatic rings. The molecule has 2 heterocycles. The van der Waals surface area contributed by atoms with Gasteiger partial charge in [0.05, 0.1) is 5.69 Å². The number of halogens is 3. The quantitative estimate of drug-likeness (QED) is 0.709. The number of carbonyl (C=O) groups is 1. The lowest BCUT2D eigenvalue weighted by molar-refractivity contribution is -0.138. The Bertz CT molecular complexity index is 1030. The Morgan fingerprint density at radius 1 is 1.22 bits per heavy atom. The summed E-state index contributed by atoms with van der Waals surface area (Å²) in [5, 5.41) is 2.69. The van der Waals surface area contributed by atoms with Gasteiger partial charge in [0, 0.05) is 18.3 Å². The Morgan fingerprint density at radius 2 is 1.93 bits per heavy atom. The van der Waals surface area contributed by atoms with E-state index >= 15 is 0 Å². The van der Waals surface area contributed by atoms with E-state index in [2.05, 4.69) is 10.3 Å². The Labute approximate surface area is 155 Å². The van der Waals surface area contributed by atoms with Crippen molar-refractivity contribution in [3.05, 3.63) is 74.6 Å². The standard InChI is InChI=1S/C18H14F3N3O2S/c1-10-14(16(26)23-9-11-5-3-2-4-6-11)27-17(24-10)12-7-8-22-15(25)13(12)18(19,20)21/h2-8H,9H2,1H3,(H,22,25)(H,23,26). The zero-order valence-electron chi connectivity index (χ0n) is 14.1. The van der Waals surface area contributed by atoms with Crippen molar-refractivity contribution in [2.24, 2.45) is 0 Å². The number of nitrogens with zero attached hydrogens (tertiary/aromatic N) is 1. The van der Waals surface area contributed by atoms with E-state index in [9.17, 15) is 22.8 Å². The number of alkyl halides is 3. The first-order valence-corrected chi connectivity index (χ1v) is 8.68. The van der Waals surface area contributed by atoms with Gasteiger partial charge in [-0.25, -0.2) is 4.98 Å². The molecule has 0 fully saturated rings. The molecule has 0 saturated carbocycles. The monoisotopic (exact) mass is 393 g/mol. The van der Waals surface area contributed by atoms with E-state index in [1.54, 1.807) is 0 Å². The number of rotatable bonds is 4. The summed E-state index contributed by atoms with van der Waals surface area (Å²) in [6.07, 6.45) is -3.71. The summed E-state index contributed by atoms with van der Waals surface area (Å²) in [5.41, 5.74) is -1.73. The van der Waals surface area contributed by atoms with E-state index in [4.69, 9.17) is 0 Å². The van der Waals surface area contributed by atoms with Crippen LogP contribution in [0.15, 0.2) is 47.4 Å². The fourth-order valence-corrected chi connectivity index (χ4v) is 3.53. The van der Waals surface area contributed by atoms with E-state index in [1.807, 2.05) is 35.3 Å². The van der Waals surface area contributed by atoms with Crippen molar-refractivity contribution < 1.29 is 18.0 Å². The van der Waals surface area contributed by atoms with Crippen molar-refractivity contribution >= 4 is 17.2 Å². The maximum absolute atomic E-state index is 13.2. The highest BCUT2D eigenvalue weighted by molar-refractivity contribution is 7.17. The Morgan fingerprint density at radius 3 is 2.59 bits per heavy atom. The molecule has 1 amide bonds. The van der Waals surface area contributed by atoms with Crippen LogP contribution in [0.2, 0.25) is 0 Å². The molecule has 3 rings (SSSR count). The topological polar surface area (TPSA) is 74.8 Å². The molecule has 27 heavy (non-hydrogen) atoms. The number of benzene rings is 1. The number of hydrogen-bond acceptors (Lipinski definition) is 4. The Kier molecular flexibility index (Phi) is 5.13. The predicted octanol–water partition coefficient (Wildman–Crippen LogP) is 3.76. The van der Waals surface area contributed by atoms with Crippen LogP contribution in [0, 0.1) is 6.92 Å². The molecule has 140 valence electrons. The van der Waals surface area contributed by atoms with Gasteiger partial charge < -0.3 is 10.3 Å². The summed E-state index contributed by atoms with van der Waals surface area (Å²) >= 11 is 0.819. The Balaban J connectivity index is 1.90. The first-order valence-electron chi connectivity index (χ1n) is 7.86. The molecular weight excluding hydrogens is 379 g/mol. The normalized spacial score (nSPS) is 11.4. The summed E-state index contributed by atoms with van der Waals surface area (Å²) in [7, 11) is 0. The fourth-order valence-electron chi connectivity index (χ4n) is 2.52. The average molecular weight is 393 g/mol. The number of carbonyl (C=O) groups excluding carboxylic acids is 1. The summed E-state index contributed by atoms with van der Waals surface area (Å²) in [6, 6.07) is 10.3. The molecule has 0 unspecified atom stereocenters. The van der Waals surface area contributed by atoms with Gasteiger partial charge >= 0.3 is 6.18 Å². The fraction of sp³-hybridized carbons (Fsp3) is 0.167. The smallest absolute Gasteiger partial charge is 0.347 e. The number of aryl methyl sites for hydroxylation is 1. The summed E-state index contributed by atoms with van der Waals surface area (Å²) < 4.78 is 39.7. The molecule has 0 spiro atoms. The van der Waals surface area contributed by atoms with E-state index < -0.39 is 23.2 Å². The van der Waals surface area contributed by atoms with E-state index in [0.29, 0.717) is 5.69 Å². The third-order valence-electron chi connectivity index (χ3n) is 3.77. The van der Waals surface area contributed by atoms with Crippen molar-refractivity contribution in [2.75, 3.05) is 0 Å². The van der Waals surface area contributed by atoms with Crippen LogP contribution in [0.5, 0.6) is 0 Å². The van der Waals surface area contributed by atoms with E-state index in [1.165, 1.54) is 6.92 Å². The van der Waals surface area contributed by atoms with Crippen LogP contribution in [-0.2, 0) is 12.7 Å². The second-order valence-corrected chi connectivity index (χ2v) is 6.69. The second-order valence-electron chi connectivity index (χ2n) is 5.70. The van der Waals surface area contributed by atoms with Crippen molar-refractivity contribution in [2.45, 2.75) is 19.6 Å². The van der Waals surface area contributed by atoms with Gasteiger partial charge in [0.25, 0.3) is 11.5 Å². The number of thiazole rings is 1. The number of amides is 1. The van der Waals surface area contributed by atoms with Crippen LogP contribution < -0.4 is 10.9 Å². The van der Waals surface area contributed by atoms with Gasteiger partial charge in [-0.1, -0.05) is 30.3 Å². The number of nitrogens with one attached hydrogen (secondary N) is 2. The lowest BCUT2D eigenvalue weighted by Gasteiger charge is -2.09. The van der Waals surface area contributed by atoms with Gasteiger partial charge in [0.15, 0.2) is 0 Å². The van der Waals surface area contributed by atoms with Gasteiger partial charge in [-0.3, -0.25) is 9.59 Å². The molecule has 0 bridgehead atoms. The number of hydrogen-bond donors (Lipinski definition) is 2. The highest BCUT2D eigenvalue weighted by atomic mass is 32.1. The minimum absolute atomic E-state index is 0.0317. The SMILES string of the molecule is Cc1nc(-c2cc[nH]c(=O)c2C(F)(F)F)sc1C(=O)NCc1ccccc1. The van der Waals surface area contributed by atoms with Crippen LogP contribution in [0.3, 0.4) is 0 Å². The molecule has 3 aromatic rings. The highest BCUT2D eigenvalue weighted by Crippen LogP contribution is 2.36. The zero-order chi connectivity index (χ0) is 19.6. The maximum atomic E-state index is 13.2. The van der Waals surface area contributed by atoms with E-state index in [-0.39, 0.29) is 22.0 Å². The molecule has 1 aromatic carbocycles. The lowest BCUT2D eigenvalue weighted by Crippen LogP contribution is -2.22. The molecule has 0 atom stereocenters. The molecule has 9 heteroatoms. The second kappa shape index (κ2) is 7.36. The van der Waals surface area contributed by atoms with Crippen LogP contribution in [0.1, 0.15) is 26.5 Å². The number of H-pyrrole nitrogens is 1. The molecule has 0 aliphatic carbocycles. The molecule has 2 aromatic heterocycles. The first-order chi connectivity index (χ1) is 12.8. The van der Waals surface area contributed by atoms with Crippen molar-refractivity contribution in [3.63, 3.8) is 0 Å². The summed E-state index contributed by atoms with van der Waals surface area (Å²) in [5.74, 6) is -0.432. The van der Waals surface area contributed by atoms with E-state index in [0.717, 1.165) is 29.2 Å². The molecule has 5 nitrogen and oxygen atoms in total. The van der Waals surface area contributed by atoms with Crippen LogP contribution in [0.4, 0.5) is 13.2 Å². The minimum Gasteiger partial charge on any atom is -0.347 e. The summed E-state index contributed by atoms with van der Waals surface area (Å²) in [4.78, 5) is 30.4. The molecule has 0 radical (unpaired) electrons. The third-order valence-corrected chi connectivity index (χ3v) is 4.96. The van der Waals surface area contributed by atoms with Crippen LogP contribution in [-0.4, -0.2) is 15.9 Å². The Hall–Kier alpha value is -2.94. The van der Waals surface area contributed by atoms with Crippen LogP contribution in [0.25, 0.3) is 10.6 Å². The zero-order valence-corrected chi connectivity index (χ0v) is 14.9. The van der Waals surface area contributed by atoms with Gasteiger partial charge in [-0.05, 0) is 18.6 Å². The maximum Gasteiger partial charge on any atom is 0.422 e. The molecular formula is C18H14F3N3O2S. The first kappa shape index (κ1) is 18.8. The largest absolute Gasteiger partial charge is 0.422 e. The van der Waals surface area contributed by atoms with Crippen molar-refractivity contribution in [1.82, 2.24) is 15.3 Å². The number of aromatic amines is 1.